The van der Waals surface area contributed by atoms with Crippen molar-refractivity contribution >= 4 is 0 Å². The van der Waals surface area contributed by atoms with Crippen LogP contribution in [-0.2, 0) is 0 Å². The third-order valence-electron chi connectivity index (χ3n) is 3.38. The molecule has 0 aromatic heterocycles. The average Bonchev–Trinajstić information content (AvgIpc) is 2.76. The Morgan fingerprint density at radius 2 is 2.20 bits per heavy atom. The van der Waals surface area contributed by atoms with Gasteiger partial charge >= 0.3 is 0 Å². The lowest BCUT2D eigenvalue weighted by molar-refractivity contribution is 0.421. The van der Waals surface area contributed by atoms with Gasteiger partial charge in [0, 0.05) is 6.04 Å². The number of nitrogens with two attached hydrogens (primary N) is 1. The number of hydrogen-bond donors (Lipinski definition) is 2. The van der Waals surface area contributed by atoms with E-state index in [0.717, 1.165) is 12.0 Å². The fourth-order valence-electron chi connectivity index (χ4n) is 2.22. The smallest absolute Gasteiger partial charge is 0.123 e. The zero-order chi connectivity index (χ0) is 11.1. The molecule has 15 heavy (non-hydrogen) atoms. The van der Waals surface area contributed by atoms with Crippen LogP contribution >= 0.6 is 0 Å². The van der Waals surface area contributed by atoms with Crippen molar-refractivity contribution in [1.82, 2.24) is 5.43 Å². The van der Waals surface area contributed by atoms with Crippen molar-refractivity contribution < 1.29 is 4.39 Å². The van der Waals surface area contributed by atoms with Crippen LogP contribution in [0, 0.1) is 17.2 Å². The van der Waals surface area contributed by atoms with Gasteiger partial charge in [0.15, 0.2) is 0 Å². The summed E-state index contributed by atoms with van der Waals surface area (Å²) in [4.78, 5) is 0. The summed E-state index contributed by atoms with van der Waals surface area (Å²) >= 11 is 0. The number of halogens is 1. The first kappa shape index (κ1) is 10.6. The molecule has 0 saturated heterocycles. The summed E-state index contributed by atoms with van der Waals surface area (Å²) < 4.78 is 13.1. The van der Waals surface area contributed by atoms with E-state index in [1.165, 1.54) is 6.07 Å². The van der Waals surface area contributed by atoms with Gasteiger partial charge in [0.05, 0.1) is 0 Å². The molecule has 2 unspecified atom stereocenters. The second-order valence-electron chi connectivity index (χ2n) is 5.00. The number of benzene rings is 1. The summed E-state index contributed by atoms with van der Waals surface area (Å²) in [5, 5.41) is 0. The minimum absolute atomic E-state index is 0.0655. The van der Waals surface area contributed by atoms with Crippen LogP contribution in [0.2, 0.25) is 0 Å². The lowest BCUT2D eigenvalue weighted by Gasteiger charge is -2.18. The van der Waals surface area contributed by atoms with E-state index in [1.54, 1.807) is 12.1 Å². The van der Waals surface area contributed by atoms with Crippen LogP contribution in [0.3, 0.4) is 0 Å². The van der Waals surface area contributed by atoms with E-state index < -0.39 is 0 Å². The first-order valence-corrected chi connectivity index (χ1v) is 5.26. The third kappa shape index (κ3) is 2.03. The quantitative estimate of drug-likeness (QED) is 0.591. The maximum atomic E-state index is 13.1. The Balaban J connectivity index is 2.21. The van der Waals surface area contributed by atoms with E-state index in [9.17, 15) is 4.39 Å². The Morgan fingerprint density at radius 3 is 2.67 bits per heavy atom. The number of nitrogens with one attached hydrogen (secondary N) is 1. The predicted octanol–water partition coefficient (Wildman–Crippen LogP) is 2.38. The molecule has 1 saturated carbocycles. The van der Waals surface area contributed by atoms with E-state index in [1.807, 2.05) is 6.07 Å². The Kier molecular flexibility index (Phi) is 2.52. The van der Waals surface area contributed by atoms with Gasteiger partial charge in [-0.05, 0) is 35.4 Å². The van der Waals surface area contributed by atoms with Crippen LogP contribution in [0.4, 0.5) is 4.39 Å². The topological polar surface area (TPSA) is 38.0 Å². The molecular weight excluding hydrogens is 191 g/mol. The molecule has 0 radical (unpaired) electrons. The van der Waals surface area contributed by atoms with E-state index in [-0.39, 0.29) is 11.9 Å². The van der Waals surface area contributed by atoms with Crippen molar-refractivity contribution in [2.75, 3.05) is 0 Å². The van der Waals surface area contributed by atoms with Crippen LogP contribution in [-0.4, -0.2) is 0 Å². The predicted molar refractivity (Wildman–Crippen MR) is 58.4 cm³/mol. The normalized spacial score (nSPS) is 24.9. The summed E-state index contributed by atoms with van der Waals surface area (Å²) in [6.07, 6.45) is 1.14. The van der Waals surface area contributed by atoms with Gasteiger partial charge < -0.3 is 0 Å². The van der Waals surface area contributed by atoms with Crippen LogP contribution in [0.25, 0.3) is 0 Å². The zero-order valence-electron chi connectivity index (χ0n) is 9.13. The van der Waals surface area contributed by atoms with Crippen LogP contribution < -0.4 is 11.3 Å². The highest BCUT2D eigenvalue weighted by atomic mass is 19.1. The van der Waals surface area contributed by atoms with Gasteiger partial charge in [-0.2, -0.15) is 0 Å². The van der Waals surface area contributed by atoms with Crippen LogP contribution in [0.15, 0.2) is 24.3 Å². The summed E-state index contributed by atoms with van der Waals surface area (Å²) in [6.45, 7) is 4.42. The van der Waals surface area contributed by atoms with Crippen molar-refractivity contribution in [1.29, 1.82) is 0 Å². The van der Waals surface area contributed by atoms with Gasteiger partial charge in [-0.15, -0.1) is 0 Å². The maximum absolute atomic E-state index is 13.1. The van der Waals surface area contributed by atoms with E-state index in [0.29, 0.717) is 11.3 Å². The molecule has 0 spiro atoms. The van der Waals surface area contributed by atoms with Crippen molar-refractivity contribution in [2.45, 2.75) is 26.3 Å². The molecule has 1 aliphatic rings. The molecule has 2 nitrogen and oxygen atoms in total. The summed E-state index contributed by atoms with van der Waals surface area (Å²) in [6, 6.07) is 6.72. The monoisotopic (exact) mass is 208 g/mol. The minimum Gasteiger partial charge on any atom is -0.271 e. The van der Waals surface area contributed by atoms with Crippen LogP contribution in [0.5, 0.6) is 0 Å². The molecule has 2 rings (SSSR count). The largest absolute Gasteiger partial charge is 0.271 e. The fourth-order valence-corrected chi connectivity index (χ4v) is 2.22. The standard InChI is InChI=1S/C12H17FN2/c1-12(2)7-10(12)11(15-14)8-4-3-5-9(13)6-8/h3-6,10-11,15H,7,14H2,1-2H3. The van der Waals surface area contributed by atoms with E-state index >= 15 is 0 Å². The molecular formula is C12H17FN2. The molecule has 3 heteroatoms. The Bertz CT molecular complexity index is 362. The molecule has 1 fully saturated rings. The van der Waals surface area contributed by atoms with Crippen LogP contribution in [0.1, 0.15) is 31.9 Å². The van der Waals surface area contributed by atoms with Gasteiger partial charge in [0.2, 0.25) is 0 Å². The van der Waals surface area contributed by atoms with E-state index in [2.05, 4.69) is 19.3 Å². The zero-order valence-corrected chi connectivity index (χ0v) is 9.13. The van der Waals surface area contributed by atoms with Gasteiger partial charge in [-0.25, -0.2) is 4.39 Å². The highest BCUT2D eigenvalue weighted by Crippen LogP contribution is 2.57. The average molecular weight is 208 g/mol. The van der Waals surface area contributed by atoms with Crippen molar-refractivity contribution in [3.05, 3.63) is 35.6 Å². The summed E-state index contributed by atoms with van der Waals surface area (Å²) in [7, 11) is 0. The second-order valence-corrected chi connectivity index (χ2v) is 5.00. The first-order valence-electron chi connectivity index (χ1n) is 5.26. The highest BCUT2D eigenvalue weighted by Gasteiger charge is 2.50. The molecule has 1 aromatic rings. The molecule has 0 heterocycles. The molecule has 1 aromatic carbocycles. The number of hydrogen-bond acceptors (Lipinski definition) is 2. The SMILES string of the molecule is CC1(C)CC1C(NN)c1cccc(F)c1. The van der Waals surface area contributed by atoms with Crippen molar-refractivity contribution in [3.8, 4) is 0 Å². The van der Waals surface area contributed by atoms with Crippen molar-refractivity contribution in [2.24, 2.45) is 17.2 Å². The molecule has 0 aliphatic heterocycles. The molecule has 2 atom stereocenters. The lowest BCUT2D eigenvalue weighted by Crippen LogP contribution is -2.30. The molecule has 0 amide bonds. The summed E-state index contributed by atoms with van der Waals surface area (Å²) in [5.74, 6) is 5.85. The first-order chi connectivity index (χ1) is 7.04. The summed E-state index contributed by atoms with van der Waals surface area (Å²) in [5.41, 5.74) is 4.06. The van der Waals surface area contributed by atoms with Gasteiger partial charge in [0.1, 0.15) is 5.82 Å². The highest BCUT2D eigenvalue weighted by molar-refractivity contribution is 5.23. The van der Waals surface area contributed by atoms with Gasteiger partial charge in [-0.3, -0.25) is 11.3 Å². The third-order valence-corrected chi connectivity index (χ3v) is 3.38. The second kappa shape index (κ2) is 3.58. The fraction of sp³-hybridized carbons (Fsp3) is 0.500. The molecule has 3 N–H and O–H groups in total. The molecule has 1 aliphatic carbocycles. The van der Waals surface area contributed by atoms with E-state index in [4.69, 9.17) is 5.84 Å². The van der Waals surface area contributed by atoms with Crippen molar-refractivity contribution in [3.63, 3.8) is 0 Å². The van der Waals surface area contributed by atoms with Gasteiger partial charge in [0.25, 0.3) is 0 Å². The minimum atomic E-state index is -0.203. The Morgan fingerprint density at radius 1 is 1.53 bits per heavy atom. The van der Waals surface area contributed by atoms with Gasteiger partial charge in [-0.1, -0.05) is 26.0 Å². The number of rotatable bonds is 3. The number of hydrazine groups is 1. The molecule has 82 valence electrons. The molecule has 0 bridgehead atoms. The Hall–Kier alpha value is -0.930. The Labute approximate surface area is 89.6 Å². The lowest BCUT2D eigenvalue weighted by atomic mass is 9.97. The maximum Gasteiger partial charge on any atom is 0.123 e.